The van der Waals surface area contributed by atoms with Gasteiger partial charge in [-0.05, 0) is 55.3 Å². The van der Waals surface area contributed by atoms with Gasteiger partial charge >= 0.3 is 0 Å². The predicted molar refractivity (Wildman–Crippen MR) is 160 cm³/mol. The van der Waals surface area contributed by atoms with Gasteiger partial charge in [0.2, 0.25) is 11.8 Å². The van der Waals surface area contributed by atoms with Crippen molar-refractivity contribution in [2.24, 2.45) is 0 Å². The lowest BCUT2D eigenvalue weighted by molar-refractivity contribution is -0.139. The highest BCUT2D eigenvalue weighted by molar-refractivity contribution is 7.92. The fourth-order valence-corrected chi connectivity index (χ4v) is 5.94. The Hall–Kier alpha value is -3.47. The van der Waals surface area contributed by atoms with E-state index in [2.05, 4.69) is 5.32 Å². The summed E-state index contributed by atoms with van der Waals surface area (Å²) in [6.45, 7) is 3.26. The molecule has 0 bridgehead atoms. The molecule has 0 spiro atoms. The highest BCUT2D eigenvalue weighted by Gasteiger charge is 2.33. The molecule has 3 aromatic rings. The Morgan fingerprint density at radius 3 is 2.24 bits per heavy atom. The van der Waals surface area contributed by atoms with Gasteiger partial charge in [0.1, 0.15) is 12.6 Å². The SMILES string of the molecule is CCCNC(=O)C(C)N(Cc1ccc(Cl)cc1Cl)C(=O)CN(c1ccc(OC)c(OC)c1)S(=O)(=O)c1ccccc1. The quantitative estimate of drug-likeness (QED) is 0.283. The van der Waals surface area contributed by atoms with Crippen molar-refractivity contribution in [3.05, 3.63) is 82.3 Å². The number of nitrogens with zero attached hydrogens (tertiary/aromatic N) is 2. The fourth-order valence-electron chi connectivity index (χ4n) is 4.04. The zero-order chi connectivity index (χ0) is 30.2. The fraction of sp³-hybridized carbons (Fsp3) is 0.310. The average molecular weight is 623 g/mol. The second-order valence-electron chi connectivity index (χ2n) is 9.09. The van der Waals surface area contributed by atoms with Crippen LogP contribution in [0.3, 0.4) is 0 Å². The smallest absolute Gasteiger partial charge is 0.264 e. The Bertz CT molecular complexity index is 1470. The number of hydrogen-bond donors (Lipinski definition) is 1. The molecule has 3 rings (SSSR count). The molecule has 9 nitrogen and oxygen atoms in total. The third-order valence-corrected chi connectivity index (χ3v) is 8.71. The highest BCUT2D eigenvalue weighted by atomic mass is 35.5. The molecule has 0 aromatic heterocycles. The lowest BCUT2D eigenvalue weighted by atomic mass is 10.1. The van der Waals surface area contributed by atoms with Crippen molar-refractivity contribution in [3.8, 4) is 11.5 Å². The second kappa shape index (κ2) is 14.4. The third-order valence-electron chi connectivity index (χ3n) is 6.34. The van der Waals surface area contributed by atoms with Crippen molar-refractivity contribution in [1.29, 1.82) is 0 Å². The van der Waals surface area contributed by atoms with Gasteiger partial charge < -0.3 is 19.7 Å². The van der Waals surface area contributed by atoms with E-state index in [0.717, 1.165) is 4.31 Å². The minimum atomic E-state index is -4.23. The number of hydrogen-bond acceptors (Lipinski definition) is 6. The summed E-state index contributed by atoms with van der Waals surface area (Å²) < 4.78 is 39.5. The monoisotopic (exact) mass is 621 g/mol. The number of sulfonamides is 1. The van der Waals surface area contributed by atoms with Crippen LogP contribution in [0.4, 0.5) is 5.69 Å². The molecule has 3 aromatic carbocycles. The number of benzene rings is 3. The number of ether oxygens (including phenoxy) is 2. The summed E-state index contributed by atoms with van der Waals surface area (Å²) in [7, 11) is -1.34. The molecular formula is C29H33Cl2N3O6S. The van der Waals surface area contributed by atoms with E-state index in [-0.39, 0.29) is 28.8 Å². The average Bonchev–Trinajstić information content (AvgIpc) is 2.97. The molecule has 1 atom stereocenters. The first-order chi connectivity index (χ1) is 19.5. The number of anilines is 1. The Kier molecular flexibility index (Phi) is 11.3. The van der Waals surface area contributed by atoms with Crippen molar-refractivity contribution in [3.63, 3.8) is 0 Å². The summed E-state index contributed by atoms with van der Waals surface area (Å²) in [5, 5.41) is 3.52. The van der Waals surface area contributed by atoms with Crippen molar-refractivity contribution >= 4 is 50.7 Å². The van der Waals surface area contributed by atoms with Crippen LogP contribution in [0.5, 0.6) is 11.5 Å². The summed E-state index contributed by atoms with van der Waals surface area (Å²) in [5.41, 5.74) is 0.718. The minimum absolute atomic E-state index is 0.0105. The molecule has 12 heteroatoms. The van der Waals surface area contributed by atoms with Gasteiger partial charge in [-0.15, -0.1) is 0 Å². The van der Waals surface area contributed by atoms with Gasteiger partial charge in [0, 0.05) is 29.2 Å². The summed E-state index contributed by atoms with van der Waals surface area (Å²) in [5.74, 6) is -0.332. The van der Waals surface area contributed by atoms with Crippen LogP contribution in [0, 0.1) is 0 Å². The van der Waals surface area contributed by atoms with Crippen molar-refractivity contribution in [1.82, 2.24) is 10.2 Å². The van der Waals surface area contributed by atoms with Gasteiger partial charge in [0.25, 0.3) is 10.0 Å². The van der Waals surface area contributed by atoms with Crippen molar-refractivity contribution in [2.45, 2.75) is 37.8 Å². The summed E-state index contributed by atoms with van der Waals surface area (Å²) in [6.07, 6.45) is 0.706. The predicted octanol–water partition coefficient (Wildman–Crippen LogP) is 5.15. The molecule has 0 saturated heterocycles. The first kappa shape index (κ1) is 32.0. The Labute approximate surface area is 251 Å². The zero-order valence-electron chi connectivity index (χ0n) is 23.3. The molecule has 0 heterocycles. The Morgan fingerprint density at radius 1 is 0.951 bits per heavy atom. The van der Waals surface area contributed by atoms with Crippen LogP contribution < -0.4 is 19.1 Å². The number of methoxy groups -OCH3 is 2. The van der Waals surface area contributed by atoms with Gasteiger partial charge in [-0.2, -0.15) is 0 Å². The topological polar surface area (TPSA) is 105 Å². The number of amides is 2. The van der Waals surface area contributed by atoms with Crippen LogP contribution in [0.2, 0.25) is 10.0 Å². The lowest BCUT2D eigenvalue weighted by Gasteiger charge is -2.32. The maximum atomic E-state index is 14.0. The van der Waals surface area contributed by atoms with E-state index in [1.165, 1.54) is 43.4 Å². The normalized spacial score (nSPS) is 11.9. The van der Waals surface area contributed by atoms with Crippen LogP contribution in [-0.2, 0) is 26.2 Å². The molecule has 0 aliphatic carbocycles. The summed E-state index contributed by atoms with van der Waals surface area (Å²) in [4.78, 5) is 28.3. The molecule has 0 radical (unpaired) electrons. The van der Waals surface area contributed by atoms with Gasteiger partial charge in [-0.1, -0.05) is 54.4 Å². The molecule has 41 heavy (non-hydrogen) atoms. The maximum Gasteiger partial charge on any atom is 0.264 e. The van der Waals surface area contributed by atoms with E-state index < -0.39 is 28.5 Å². The van der Waals surface area contributed by atoms with Crippen LogP contribution in [0.25, 0.3) is 0 Å². The minimum Gasteiger partial charge on any atom is -0.493 e. The first-order valence-corrected chi connectivity index (χ1v) is 15.0. The third kappa shape index (κ3) is 7.84. The number of nitrogens with one attached hydrogen (secondary N) is 1. The molecule has 0 aliphatic rings. The summed E-state index contributed by atoms with van der Waals surface area (Å²) >= 11 is 12.5. The molecule has 0 saturated carbocycles. The maximum absolute atomic E-state index is 14.0. The largest absolute Gasteiger partial charge is 0.493 e. The number of carbonyl (C=O) groups is 2. The molecule has 0 fully saturated rings. The number of carbonyl (C=O) groups excluding carboxylic acids is 2. The van der Waals surface area contributed by atoms with Crippen LogP contribution in [0.1, 0.15) is 25.8 Å². The van der Waals surface area contributed by atoms with E-state index in [0.29, 0.717) is 34.3 Å². The molecular weight excluding hydrogens is 589 g/mol. The van der Waals surface area contributed by atoms with E-state index in [4.69, 9.17) is 32.7 Å². The summed E-state index contributed by atoms with van der Waals surface area (Å²) in [6, 6.07) is 16.2. The van der Waals surface area contributed by atoms with Crippen molar-refractivity contribution in [2.75, 3.05) is 31.6 Å². The molecule has 1 N–H and O–H groups in total. The van der Waals surface area contributed by atoms with Crippen LogP contribution in [-0.4, -0.2) is 58.5 Å². The van der Waals surface area contributed by atoms with Crippen molar-refractivity contribution < 1.29 is 27.5 Å². The van der Waals surface area contributed by atoms with Gasteiger partial charge in [-0.3, -0.25) is 13.9 Å². The van der Waals surface area contributed by atoms with Crippen LogP contribution >= 0.6 is 23.2 Å². The molecule has 220 valence electrons. The lowest BCUT2D eigenvalue weighted by Crippen LogP contribution is -2.51. The van der Waals surface area contributed by atoms with Gasteiger partial charge in [-0.25, -0.2) is 8.42 Å². The number of halogens is 2. The Morgan fingerprint density at radius 2 is 1.63 bits per heavy atom. The number of rotatable bonds is 13. The molecule has 0 aliphatic heterocycles. The van der Waals surface area contributed by atoms with Crippen LogP contribution in [0.15, 0.2) is 71.6 Å². The standard InChI is InChI=1S/C29H33Cl2N3O6S/c1-5-15-32-29(36)20(2)33(18-21-11-12-22(30)16-25(21)31)28(35)19-34(41(37,38)24-9-7-6-8-10-24)23-13-14-26(39-3)27(17-23)40-4/h6-14,16-17,20H,5,15,18-19H2,1-4H3,(H,32,36). The highest BCUT2D eigenvalue weighted by Crippen LogP contribution is 2.34. The zero-order valence-corrected chi connectivity index (χ0v) is 25.6. The molecule has 2 amide bonds. The van der Waals surface area contributed by atoms with Gasteiger partial charge in [0.05, 0.1) is 24.8 Å². The van der Waals surface area contributed by atoms with E-state index in [1.54, 1.807) is 49.4 Å². The Balaban J connectivity index is 2.08. The molecule has 1 unspecified atom stereocenters. The van der Waals surface area contributed by atoms with E-state index in [1.807, 2.05) is 6.92 Å². The van der Waals surface area contributed by atoms with Gasteiger partial charge in [0.15, 0.2) is 11.5 Å². The van der Waals surface area contributed by atoms with E-state index in [9.17, 15) is 18.0 Å². The second-order valence-corrected chi connectivity index (χ2v) is 11.8. The van der Waals surface area contributed by atoms with E-state index >= 15 is 0 Å². The first-order valence-electron chi connectivity index (χ1n) is 12.8.